The van der Waals surface area contributed by atoms with E-state index >= 15 is 0 Å². The molecule has 3 nitrogen and oxygen atoms in total. The van der Waals surface area contributed by atoms with Gasteiger partial charge in [-0.05, 0) is 23.8 Å². The first kappa shape index (κ1) is 14.9. The van der Waals surface area contributed by atoms with E-state index in [2.05, 4.69) is 26.6 Å². The van der Waals surface area contributed by atoms with Crippen LogP contribution in [-0.2, 0) is 11.3 Å². The molecule has 5 heteroatoms. The smallest absolute Gasteiger partial charge is 0.0587 e. The van der Waals surface area contributed by atoms with Crippen molar-refractivity contribution in [2.45, 2.75) is 6.54 Å². The number of benzene rings is 1. The second kappa shape index (κ2) is 8.89. The summed E-state index contributed by atoms with van der Waals surface area (Å²) in [6.45, 7) is 4.25. The minimum Gasteiger partial charge on any atom is -0.383 e. The van der Waals surface area contributed by atoms with Crippen molar-refractivity contribution in [3.63, 3.8) is 0 Å². The Morgan fingerprint density at radius 1 is 1.24 bits per heavy atom. The van der Waals surface area contributed by atoms with Crippen LogP contribution in [0.4, 0.5) is 0 Å². The van der Waals surface area contributed by atoms with Gasteiger partial charge in [-0.3, -0.25) is 0 Å². The predicted octanol–water partition coefficient (Wildman–Crippen LogP) is 2.43. The van der Waals surface area contributed by atoms with Gasteiger partial charge in [0.25, 0.3) is 0 Å². The molecule has 0 spiro atoms. The summed E-state index contributed by atoms with van der Waals surface area (Å²) in [5.41, 5.74) is 1.11. The molecule has 0 saturated heterocycles. The topological polar surface area (TPSA) is 33.3 Å². The van der Waals surface area contributed by atoms with Crippen LogP contribution in [0.5, 0.6) is 0 Å². The molecule has 0 aliphatic heterocycles. The van der Waals surface area contributed by atoms with Gasteiger partial charge in [-0.1, -0.05) is 27.5 Å². The summed E-state index contributed by atoms with van der Waals surface area (Å²) < 4.78 is 5.99. The summed E-state index contributed by atoms with van der Waals surface area (Å²) in [4.78, 5) is 0. The number of rotatable bonds is 8. The fourth-order valence-electron chi connectivity index (χ4n) is 1.38. The zero-order valence-electron chi connectivity index (χ0n) is 9.93. The van der Waals surface area contributed by atoms with Gasteiger partial charge in [0.2, 0.25) is 0 Å². The molecular weight excluding hydrogens is 304 g/mol. The SMILES string of the molecule is COCCNCCNCc1cc(Br)ccc1Cl. The van der Waals surface area contributed by atoms with Crippen LogP contribution in [0.1, 0.15) is 5.56 Å². The molecule has 1 aromatic rings. The normalized spacial score (nSPS) is 10.8. The zero-order chi connectivity index (χ0) is 12.5. The van der Waals surface area contributed by atoms with Crippen LogP contribution in [0.15, 0.2) is 22.7 Å². The van der Waals surface area contributed by atoms with Gasteiger partial charge in [0, 0.05) is 42.8 Å². The van der Waals surface area contributed by atoms with Gasteiger partial charge in [-0.2, -0.15) is 0 Å². The highest BCUT2D eigenvalue weighted by atomic mass is 79.9. The van der Waals surface area contributed by atoms with Crippen LogP contribution in [0, 0.1) is 0 Å². The number of hydrogen-bond donors (Lipinski definition) is 2. The molecule has 0 aliphatic rings. The predicted molar refractivity (Wildman–Crippen MR) is 75.6 cm³/mol. The number of methoxy groups -OCH3 is 1. The monoisotopic (exact) mass is 320 g/mol. The number of ether oxygens (including phenoxy) is 1. The third-order valence-electron chi connectivity index (χ3n) is 2.28. The summed E-state index contributed by atoms with van der Waals surface area (Å²) in [5, 5.41) is 7.41. The molecule has 1 aromatic carbocycles. The molecule has 17 heavy (non-hydrogen) atoms. The van der Waals surface area contributed by atoms with Crippen LogP contribution in [-0.4, -0.2) is 33.4 Å². The molecule has 0 saturated carbocycles. The molecule has 0 amide bonds. The minimum atomic E-state index is 0.747. The van der Waals surface area contributed by atoms with Crippen LogP contribution in [0.3, 0.4) is 0 Å². The lowest BCUT2D eigenvalue weighted by Gasteiger charge is -2.08. The fraction of sp³-hybridized carbons (Fsp3) is 0.500. The van der Waals surface area contributed by atoms with E-state index in [-0.39, 0.29) is 0 Å². The average molecular weight is 322 g/mol. The second-order valence-corrected chi connectivity index (χ2v) is 4.98. The van der Waals surface area contributed by atoms with Gasteiger partial charge in [-0.25, -0.2) is 0 Å². The molecule has 0 fully saturated rings. The highest BCUT2D eigenvalue weighted by Crippen LogP contribution is 2.20. The molecule has 0 bridgehead atoms. The van der Waals surface area contributed by atoms with Crippen LogP contribution in [0.25, 0.3) is 0 Å². The van der Waals surface area contributed by atoms with Gasteiger partial charge >= 0.3 is 0 Å². The molecule has 0 aromatic heterocycles. The maximum absolute atomic E-state index is 6.08. The largest absolute Gasteiger partial charge is 0.383 e. The molecule has 2 N–H and O–H groups in total. The highest BCUT2D eigenvalue weighted by Gasteiger charge is 2.00. The highest BCUT2D eigenvalue weighted by molar-refractivity contribution is 9.10. The average Bonchev–Trinajstić information content (AvgIpc) is 2.32. The number of hydrogen-bond acceptors (Lipinski definition) is 3. The standard InChI is InChI=1S/C12H18BrClN2O/c1-17-7-6-15-4-5-16-9-10-8-11(13)2-3-12(10)14/h2-3,8,15-16H,4-7,9H2,1H3. The van der Waals surface area contributed by atoms with Crippen molar-refractivity contribution >= 4 is 27.5 Å². The molecular formula is C12H18BrClN2O. The quantitative estimate of drug-likeness (QED) is 0.722. The van der Waals surface area contributed by atoms with E-state index in [0.29, 0.717) is 0 Å². The molecule has 0 atom stereocenters. The third-order valence-corrected chi connectivity index (χ3v) is 3.15. The van der Waals surface area contributed by atoms with Crippen LogP contribution < -0.4 is 10.6 Å². The molecule has 0 heterocycles. The minimum absolute atomic E-state index is 0.747. The molecule has 0 radical (unpaired) electrons. The first-order chi connectivity index (χ1) is 8.24. The Labute approximate surface area is 116 Å². The molecule has 96 valence electrons. The van der Waals surface area contributed by atoms with E-state index in [1.165, 1.54) is 0 Å². The Balaban J connectivity index is 2.15. The van der Waals surface area contributed by atoms with E-state index in [9.17, 15) is 0 Å². The van der Waals surface area contributed by atoms with Crippen molar-refractivity contribution in [1.82, 2.24) is 10.6 Å². The lowest BCUT2D eigenvalue weighted by molar-refractivity contribution is 0.199. The lowest BCUT2D eigenvalue weighted by Crippen LogP contribution is -2.29. The van der Waals surface area contributed by atoms with Gasteiger partial charge in [0.05, 0.1) is 6.61 Å². The van der Waals surface area contributed by atoms with Gasteiger partial charge in [-0.15, -0.1) is 0 Å². The van der Waals surface area contributed by atoms with Gasteiger partial charge in [0.1, 0.15) is 0 Å². The molecule has 0 unspecified atom stereocenters. The Kier molecular flexibility index (Phi) is 7.81. The summed E-state index contributed by atoms with van der Waals surface area (Å²) in [6, 6.07) is 5.88. The maximum atomic E-state index is 6.08. The van der Waals surface area contributed by atoms with Crippen LogP contribution in [0.2, 0.25) is 5.02 Å². The summed E-state index contributed by atoms with van der Waals surface area (Å²) in [6.07, 6.45) is 0. The Morgan fingerprint density at radius 3 is 2.76 bits per heavy atom. The van der Waals surface area contributed by atoms with E-state index in [1.807, 2.05) is 18.2 Å². The third kappa shape index (κ3) is 6.38. The fourth-order valence-corrected chi connectivity index (χ4v) is 1.97. The van der Waals surface area contributed by atoms with Crippen molar-refractivity contribution < 1.29 is 4.74 Å². The van der Waals surface area contributed by atoms with E-state index in [4.69, 9.17) is 16.3 Å². The van der Waals surface area contributed by atoms with E-state index in [1.54, 1.807) is 7.11 Å². The Morgan fingerprint density at radius 2 is 2.00 bits per heavy atom. The van der Waals surface area contributed by atoms with Crippen molar-refractivity contribution in [2.75, 3.05) is 33.4 Å². The summed E-state index contributed by atoms with van der Waals surface area (Å²) >= 11 is 9.52. The zero-order valence-corrected chi connectivity index (χ0v) is 12.3. The first-order valence-corrected chi connectivity index (χ1v) is 6.75. The maximum Gasteiger partial charge on any atom is 0.0587 e. The van der Waals surface area contributed by atoms with Crippen molar-refractivity contribution in [2.24, 2.45) is 0 Å². The summed E-state index contributed by atoms with van der Waals surface area (Å²) in [7, 11) is 1.70. The molecule has 0 aliphatic carbocycles. The molecule has 1 rings (SSSR count). The van der Waals surface area contributed by atoms with Crippen molar-refractivity contribution in [3.05, 3.63) is 33.3 Å². The number of nitrogens with one attached hydrogen (secondary N) is 2. The van der Waals surface area contributed by atoms with Crippen LogP contribution >= 0.6 is 27.5 Å². The van der Waals surface area contributed by atoms with E-state index in [0.717, 1.165) is 47.8 Å². The first-order valence-electron chi connectivity index (χ1n) is 5.58. The van der Waals surface area contributed by atoms with Crippen molar-refractivity contribution in [1.29, 1.82) is 0 Å². The number of halogens is 2. The van der Waals surface area contributed by atoms with Gasteiger partial charge < -0.3 is 15.4 Å². The lowest BCUT2D eigenvalue weighted by atomic mass is 10.2. The van der Waals surface area contributed by atoms with Crippen molar-refractivity contribution in [3.8, 4) is 0 Å². The van der Waals surface area contributed by atoms with Gasteiger partial charge in [0.15, 0.2) is 0 Å². The summed E-state index contributed by atoms with van der Waals surface area (Å²) in [5.74, 6) is 0. The second-order valence-electron chi connectivity index (χ2n) is 3.66. The van der Waals surface area contributed by atoms with E-state index < -0.39 is 0 Å². The Hall–Kier alpha value is -0.130. The Bertz CT molecular complexity index is 336.